The van der Waals surface area contributed by atoms with Crippen molar-refractivity contribution in [1.82, 2.24) is 0 Å². The van der Waals surface area contributed by atoms with Crippen molar-refractivity contribution in [1.29, 1.82) is 0 Å². The number of hydrogen-bond acceptors (Lipinski definition) is 2. The minimum atomic E-state index is 0.764. The van der Waals surface area contributed by atoms with Crippen LogP contribution in [0, 0.1) is 0 Å². The first-order chi connectivity index (χ1) is 8.33. The average molecular weight is 241 g/mol. The minimum absolute atomic E-state index is 0.764. The molecule has 2 nitrogen and oxygen atoms in total. The molecule has 1 heterocycles. The maximum absolute atomic E-state index is 5.71. The summed E-state index contributed by atoms with van der Waals surface area (Å²) < 4.78 is 0. The van der Waals surface area contributed by atoms with E-state index >= 15 is 0 Å². The Bertz CT molecular complexity index is 653. The number of H-pyrrole nitrogens is 1. The lowest BCUT2D eigenvalue weighted by molar-refractivity contribution is -0.354. The number of anilines is 1. The number of nitrogen functional groups attached to an aromatic ring is 1. The van der Waals surface area contributed by atoms with Crippen LogP contribution in [-0.4, -0.2) is 0 Å². The molecule has 1 aromatic heterocycles. The fraction of sp³-hybridized carbons (Fsp3) is 0.0714. The molecule has 0 radical (unpaired) electrons. The zero-order valence-electron chi connectivity index (χ0n) is 9.31. The van der Waals surface area contributed by atoms with Gasteiger partial charge in [-0.1, -0.05) is 53.8 Å². The summed E-state index contributed by atoms with van der Waals surface area (Å²) in [4.78, 5) is 4.30. The smallest absolute Gasteiger partial charge is 0.278 e. The fourth-order valence-corrected chi connectivity index (χ4v) is 2.82. The van der Waals surface area contributed by atoms with Crippen LogP contribution in [-0.2, 0) is 6.42 Å². The third kappa shape index (κ3) is 2.01. The molecular weight excluding hydrogens is 228 g/mol. The van der Waals surface area contributed by atoms with Gasteiger partial charge in [0.15, 0.2) is 0 Å². The van der Waals surface area contributed by atoms with Crippen molar-refractivity contribution < 1.29 is 4.98 Å². The van der Waals surface area contributed by atoms with E-state index in [1.165, 1.54) is 21.2 Å². The predicted octanol–water partition coefficient (Wildman–Crippen LogP) is 2.89. The molecule has 0 saturated heterocycles. The van der Waals surface area contributed by atoms with Crippen molar-refractivity contribution >= 4 is 27.2 Å². The first kappa shape index (κ1) is 10.3. The van der Waals surface area contributed by atoms with Gasteiger partial charge in [-0.3, -0.25) is 5.73 Å². The van der Waals surface area contributed by atoms with Crippen molar-refractivity contribution in [2.24, 2.45) is 0 Å². The molecule has 0 amide bonds. The Balaban J connectivity index is 2.05. The van der Waals surface area contributed by atoms with Crippen LogP contribution in [0.1, 0.15) is 10.4 Å². The number of benzene rings is 2. The number of aromatic nitrogens is 1. The summed E-state index contributed by atoms with van der Waals surface area (Å²) in [5.74, 6) is 0. The van der Waals surface area contributed by atoms with Crippen LogP contribution in [0.5, 0.6) is 0 Å². The normalized spacial score (nSPS) is 10.8. The second-order valence-electron chi connectivity index (χ2n) is 4.04. The maximum atomic E-state index is 5.71. The van der Waals surface area contributed by atoms with Crippen LogP contribution < -0.4 is 10.7 Å². The Morgan fingerprint density at radius 3 is 2.71 bits per heavy atom. The van der Waals surface area contributed by atoms with Crippen molar-refractivity contribution in [3.05, 3.63) is 59.1 Å². The molecular formula is C14H13N2S+. The van der Waals surface area contributed by atoms with E-state index in [2.05, 4.69) is 47.4 Å². The Morgan fingerprint density at radius 2 is 1.88 bits per heavy atom. The zero-order valence-corrected chi connectivity index (χ0v) is 10.1. The summed E-state index contributed by atoms with van der Waals surface area (Å²) in [6.07, 6.45) is 2.92. The molecule has 0 aliphatic heterocycles. The molecule has 0 aliphatic rings. The van der Waals surface area contributed by atoms with Crippen LogP contribution >= 0.6 is 11.3 Å². The SMILES string of the molecule is Nc1[nH+]cc(Cc2cccc3ccccc23)s1. The highest BCUT2D eigenvalue weighted by Crippen LogP contribution is 2.23. The van der Waals surface area contributed by atoms with Crippen molar-refractivity contribution in [3.8, 4) is 0 Å². The van der Waals surface area contributed by atoms with Gasteiger partial charge in [0.2, 0.25) is 0 Å². The van der Waals surface area contributed by atoms with E-state index in [9.17, 15) is 0 Å². The lowest BCUT2D eigenvalue weighted by Gasteiger charge is -2.04. The summed E-state index contributed by atoms with van der Waals surface area (Å²) >= 11 is 1.61. The molecule has 0 bridgehead atoms. The lowest BCUT2D eigenvalue weighted by Crippen LogP contribution is -2.01. The molecule has 84 valence electrons. The van der Waals surface area contributed by atoms with E-state index in [1.54, 1.807) is 11.3 Å². The Morgan fingerprint density at radius 1 is 1.06 bits per heavy atom. The quantitative estimate of drug-likeness (QED) is 0.736. The van der Waals surface area contributed by atoms with Gasteiger partial charge < -0.3 is 0 Å². The summed E-state index contributed by atoms with van der Waals surface area (Å²) in [5.41, 5.74) is 7.05. The van der Waals surface area contributed by atoms with E-state index < -0.39 is 0 Å². The molecule has 0 aliphatic carbocycles. The highest BCUT2D eigenvalue weighted by atomic mass is 32.1. The van der Waals surface area contributed by atoms with Gasteiger partial charge in [0.25, 0.3) is 0 Å². The van der Waals surface area contributed by atoms with Crippen LogP contribution in [0.3, 0.4) is 0 Å². The number of rotatable bonds is 2. The first-order valence-corrected chi connectivity index (χ1v) is 6.37. The summed E-state index contributed by atoms with van der Waals surface area (Å²) in [7, 11) is 0. The number of hydrogen-bond donors (Lipinski definition) is 1. The van der Waals surface area contributed by atoms with E-state index in [1.807, 2.05) is 6.20 Å². The summed E-state index contributed by atoms with van der Waals surface area (Å²) in [5, 5.41) is 3.38. The molecule has 0 atom stereocenters. The number of nitrogens with two attached hydrogens (primary N) is 1. The fourth-order valence-electron chi connectivity index (χ4n) is 2.07. The predicted molar refractivity (Wildman–Crippen MR) is 72.0 cm³/mol. The Kier molecular flexibility index (Phi) is 2.53. The van der Waals surface area contributed by atoms with Gasteiger partial charge in [-0.2, -0.15) is 0 Å². The highest BCUT2D eigenvalue weighted by molar-refractivity contribution is 7.14. The molecule has 0 saturated carbocycles. The van der Waals surface area contributed by atoms with Crippen LogP contribution in [0.2, 0.25) is 0 Å². The first-order valence-electron chi connectivity index (χ1n) is 5.55. The molecule has 2 aromatic carbocycles. The molecule has 3 heteroatoms. The molecule has 3 rings (SSSR count). The van der Waals surface area contributed by atoms with Crippen molar-refractivity contribution in [2.45, 2.75) is 6.42 Å². The monoisotopic (exact) mass is 241 g/mol. The van der Waals surface area contributed by atoms with Gasteiger partial charge in [0, 0.05) is 6.42 Å². The third-order valence-electron chi connectivity index (χ3n) is 2.86. The zero-order chi connectivity index (χ0) is 11.7. The summed E-state index contributed by atoms with van der Waals surface area (Å²) in [6, 6.07) is 14.9. The molecule has 0 spiro atoms. The Labute approximate surface area is 104 Å². The second kappa shape index (κ2) is 4.18. The molecule has 3 N–H and O–H groups in total. The van der Waals surface area contributed by atoms with Gasteiger partial charge >= 0.3 is 5.13 Å². The van der Waals surface area contributed by atoms with Crippen LogP contribution in [0.15, 0.2) is 48.7 Å². The van der Waals surface area contributed by atoms with E-state index in [0.29, 0.717) is 0 Å². The topological polar surface area (TPSA) is 40.2 Å². The lowest BCUT2D eigenvalue weighted by atomic mass is 10.0. The van der Waals surface area contributed by atoms with Gasteiger partial charge in [-0.05, 0) is 16.3 Å². The van der Waals surface area contributed by atoms with Gasteiger partial charge in [0.1, 0.15) is 6.20 Å². The van der Waals surface area contributed by atoms with Gasteiger partial charge in [-0.25, -0.2) is 4.98 Å². The molecule has 3 aromatic rings. The average Bonchev–Trinajstić information content (AvgIpc) is 2.75. The largest absolute Gasteiger partial charge is 0.329 e. The highest BCUT2D eigenvalue weighted by Gasteiger charge is 2.06. The van der Waals surface area contributed by atoms with Crippen LogP contribution in [0.4, 0.5) is 5.13 Å². The number of nitrogens with one attached hydrogen (secondary N) is 1. The molecule has 0 unspecified atom stereocenters. The van der Waals surface area contributed by atoms with E-state index in [4.69, 9.17) is 5.73 Å². The van der Waals surface area contributed by atoms with Crippen molar-refractivity contribution in [2.75, 3.05) is 5.73 Å². The van der Waals surface area contributed by atoms with Crippen LogP contribution in [0.25, 0.3) is 10.8 Å². The number of fused-ring (bicyclic) bond motifs is 1. The van der Waals surface area contributed by atoms with Gasteiger partial charge in [-0.15, -0.1) is 0 Å². The summed E-state index contributed by atoms with van der Waals surface area (Å²) in [6.45, 7) is 0. The minimum Gasteiger partial charge on any atom is -0.278 e. The Hall–Kier alpha value is -1.87. The second-order valence-corrected chi connectivity index (χ2v) is 5.20. The number of aromatic amines is 1. The van der Waals surface area contributed by atoms with E-state index in [0.717, 1.165) is 11.6 Å². The van der Waals surface area contributed by atoms with Crippen molar-refractivity contribution in [3.63, 3.8) is 0 Å². The maximum Gasteiger partial charge on any atom is 0.329 e. The van der Waals surface area contributed by atoms with E-state index in [-0.39, 0.29) is 0 Å². The molecule has 17 heavy (non-hydrogen) atoms. The third-order valence-corrected chi connectivity index (χ3v) is 3.72. The standard InChI is InChI=1S/C14H12N2S/c15-14-16-9-12(17-14)8-11-6-3-5-10-4-1-2-7-13(10)11/h1-7,9H,8H2,(H2,15,16)/p+1. The van der Waals surface area contributed by atoms with Gasteiger partial charge in [0.05, 0.1) is 4.88 Å². The number of thiazole rings is 1. The molecule has 0 fully saturated rings.